The second-order valence-corrected chi connectivity index (χ2v) is 8.59. The number of rotatable bonds is 7. The summed E-state index contributed by atoms with van der Waals surface area (Å²) in [6, 6.07) is 10.7. The lowest BCUT2D eigenvalue weighted by Gasteiger charge is -2.33. The molecule has 7 nitrogen and oxygen atoms in total. The third-order valence-corrected chi connectivity index (χ3v) is 5.65. The fraction of sp³-hybridized carbons (Fsp3) is 0.458. The van der Waals surface area contributed by atoms with Gasteiger partial charge in [0.15, 0.2) is 0 Å². The van der Waals surface area contributed by atoms with Crippen molar-refractivity contribution >= 4 is 17.6 Å². The highest BCUT2D eigenvalue weighted by Gasteiger charge is 2.24. The van der Waals surface area contributed by atoms with Crippen LogP contribution < -0.4 is 15.5 Å². The molecule has 0 aliphatic carbocycles. The minimum Gasteiger partial charge on any atom is -0.354 e. The molecule has 1 aromatic heterocycles. The Kier molecular flexibility index (Phi) is 7.63. The van der Waals surface area contributed by atoms with Crippen molar-refractivity contribution in [3.05, 3.63) is 59.3 Å². The van der Waals surface area contributed by atoms with Crippen LogP contribution in [0.2, 0.25) is 0 Å². The van der Waals surface area contributed by atoms with E-state index in [9.17, 15) is 9.59 Å². The monoisotopic (exact) mass is 423 g/mol. The summed E-state index contributed by atoms with van der Waals surface area (Å²) in [7, 11) is 2.13. The molecule has 2 aromatic rings. The Morgan fingerprint density at radius 3 is 2.29 bits per heavy atom. The van der Waals surface area contributed by atoms with Gasteiger partial charge in [-0.1, -0.05) is 37.6 Å². The van der Waals surface area contributed by atoms with Crippen molar-refractivity contribution < 1.29 is 9.59 Å². The largest absolute Gasteiger partial charge is 0.354 e. The van der Waals surface area contributed by atoms with Crippen molar-refractivity contribution in [1.29, 1.82) is 0 Å². The van der Waals surface area contributed by atoms with E-state index in [0.29, 0.717) is 12.1 Å². The SMILES string of the molecule is Cc1ccc(C(=O)NC(C(=O)NCc2ccc(N3CCN(C)CC3)nc2)C(C)C)cc1. The van der Waals surface area contributed by atoms with Crippen LogP contribution in [0, 0.1) is 12.8 Å². The minimum atomic E-state index is -0.605. The maximum atomic E-state index is 12.8. The average Bonchev–Trinajstić information content (AvgIpc) is 2.77. The number of hydrogen-bond acceptors (Lipinski definition) is 5. The Hall–Kier alpha value is -2.93. The van der Waals surface area contributed by atoms with Crippen LogP contribution in [0.1, 0.15) is 35.3 Å². The molecule has 1 fully saturated rings. The van der Waals surface area contributed by atoms with E-state index in [2.05, 4.69) is 32.5 Å². The van der Waals surface area contributed by atoms with Gasteiger partial charge in [0, 0.05) is 44.5 Å². The first-order valence-electron chi connectivity index (χ1n) is 10.9. The zero-order valence-electron chi connectivity index (χ0n) is 18.9. The Balaban J connectivity index is 1.54. The van der Waals surface area contributed by atoms with Gasteiger partial charge in [-0.25, -0.2) is 4.98 Å². The first-order valence-corrected chi connectivity index (χ1v) is 10.9. The van der Waals surface area contributed by atoms with Crippen molar-refractivity contribution in [2.45, 2.75) is 33.4 Å². The smallest absolute Gasteiger partial charge is 0.251 e. The molecule has 3 rings (SSSR count). The van der Waals surface area contributed by atoms with Crippen LogP contribution in [0.3, 0.4) is 0 Å². The maximum absolute atomic E-state index is 12.8. The highest BCUT2D eigenvalue weighted by molar-refractivity contribution is 5.97. The Morgan fingerprint density at radius 2 is 1.71 bits per heavy atom. The van der Waals surface area contributed by atoms with Crippen LogP contribution >= 0.6 is 0 Å². The number of benzene rings is 1. The predicted octanol–water partition coefficient (Wildman–Crippen LogP) is 2.21. The van der Waals surface area contributed by atoms with Crippen LogP contribution in [0.5, 0.6) is 0 Å². The lowest BCUT2D eigenvalue weighted by molar-refractivity contribution is -0.124. The van der Waals surface area contributed by atoms with Gasteiger partial charge in [-0.05, 0) is 43.7 Å². The number of amides is 2. The lowest BCUT2D eigenvalue weighted by Crippen LogP contribution is -2.49. The van der Waals surface area contributed by atoms with Crippen molar-refractivity contribution in [2.75, 3.05) is 38.1 Å². The first kappa shape index (κ1) is 22.7. The molecular formula is C24H33N5O2. The zero-order chi connectivity index (χ0) is 22.4. The number of hydrogen-bond donors (Lipinski definition) is 2. The van der Waals surface area contributed by atoms with E-state index < -0.39 is 6.04 Å². The number of carbonyl (C=O) groups excluding carboxylic acids is 2. The van der Waals surface area contributed by atoms with E-state index in [1.54, 1.807) is 12.1 Å². The van der Waals surface area contributed by atoms with Gasteiger partial charge in [0.05, 0.1) is 0 Å². The van der Waals surface area contributed by atoms with Crippen molar-refractivity contribution in [3.63, 3.8) is 0 Å². The van der Waals surface area contributed by atoms with E-state index >= 15 is 0 Å². The number of nitrogens with zero attached hydrogens (tertiary/aromatic N) is 3. The summed E-state index contributed by atoms with van der Waals surface area (Å²) in [6.07, 6.45) is 1.81. The Morgan fingerprint density at radius 1 is 1.03 bits per heavy atom. The fourth-order valence-electron chi connectivity index (χ4n) is 3.51. The highest BCUT2D eigenvalue weighted by atomic mass is 16.2. The predicted molar refractivity (Wildman–Crippen MR) is 123 cm³/mol. The van der Waals surface area contributed by atoms with Crippen LogP contribution in [0.4, 0.5) is 5.82 Å². The van der Waals surface area contributed by atoms with E-state index in [0.717, 1.165) is 43.1 Å². The molecule has 7 heteroatoms. The maximum Gasteiger partial charge on any atom is 0.251 e. The topological polar surface area (TPSA) is 77.6 Å². The minimum absolute atomic E-state index is 0.0351. The van der Waals surface area contributed by atoms with Crippen molar-refractivity contribution in [2.24, 2.45) is 5.92 Å². The van der Waals surface area contributed by atoms with Crippen LogP contribution in [0.25, 0.3) is 0 Å². The molecule has 1 aliphatic heterocycles. The summed E-state index contributed by atoms with van der Waals surface area (Å²) in [4.78, 5) is 34.5. The standard InChI is InChI=1S/C24H33N5O2/c1-17(2)22(27-23(30)20-8-5-18(3)6-9-20)24(31)26-16-19-7-10-21(25-15-19)29-13-11-28(4)12-14-29/h5-10,15,17,22H,11-14,16H2,1-4H3,(H,26,31)(H,27,30). The molecule has 2 heterocycles. The molecule has 0 bridgehead atoms. The number of likely N-dealkylation sites (N-methyl/N-ethyl adjacent to an activating group) is 1. The summed E-state index contributed by atoms with van der Waals surface area (Å²) in [5.74, 6) is 0.492. The Labute approximate surface area is 184 Å². The third kappa shape index (κ3) is 6.28. The summed E-state index contributed by atoms with van der Waals surface area (Å²) in [5.41, 5.74) is 2.56. The third-order valence-electron chi connectivity index (χ3n) is 5.65. The Bertz CT molecular complexity index is 872. The number of piperazine rings is 1. The molecule has 1 aliphatic rings. The van der Waals surface area contributed by atoms with E-state index in [-0.39, 0.29) is 17.7 Å². The quantitative estimate of drug-likeness (QED) is 0.714. The van der Waals surface area contributed by atoms with Crippen molar-refractivity contribution in [1.82, 2.24) is 20.5 Å². The molecule has 0 saturated carbocycles. The van der Waals surface area contributed by atoms with Gasteiger partial charge in [-0.15, -0.1) is 0 Å². The number of carbonyl (C=O) groups is 2. The first-order chi connectivity index (χ1) is 14.8. The molecule has 31 heavy (non-hydrogen) atoms. The number of aromatic nitrogens is 1. The second-order valence-electron chi connectivity index (χ2n) is 8.59. The van der Waals surface area contributed by atoms with Crippen molar-refractivity contribution in [3.8, 4) is 0 Å². The summed E-state index contributed by atoms with van der Waals surface area (Å²) in [5, 5.41) is 5.80. The van der Waals surface area contributed by atoms with Gasteiger partial charge in [-0.3, -0.25) is 9.59 Å². The molecular weight excluding hydrogens is 390 g/mol. The molecule has 0 radical (unpaired) electrons. The molecule has 0 spiro atoms. The van der Waals surface area contributed by atoms with Crippen LogP contribution in [-0.4, -0.2) is 61.0 Å². The zero-order valence-corrected chi connectivity index (χ0v) is 18.9. The van der Waals surface area contributed by atoms with E-state index in [1.807, 2.05) is 51.2 Å². The summed E-state index contributed by atoms with van der Waals surface area (Å²) < 4.78 is 0. The van der Waals surface area contributed by atoms with Gasteiger partial charge in [-0.2, -0.15) is 0 Å². The molecule has 166 valence electrons. The highest BCUT2D eigenvalue weighted by Crippen LogP contribution is 2.14. The number of nitrogens with one attached hydrogen (secondary N) is 2. The van der Waals surface area contributed by atoms with Gasteiger partial charge in [0.1, 0.15) is 11.9 Å². The second kappa shape index (κ2) is 10.4. The molecule has 2 amide bonds. The summed E-state index contributed by atoms with van der Waals surface area (Å²) >= 11 is 0. The molecule has 1 aromatic carbocycles. The van der Waals surface area contributed by atoms with Gasteiger partial charge < -0.3 is 20.4 Å². The lowest BCUT2D eigenvalue weighted by atomic mass is 10.0. The molecule has 1 saturated heterocycles. The average molecular weight is 424 g/mol. The normalized spacial score (nSPS) is 15.6. The molecule has 2 N–H and O–H groups in total. The van der Waals surface area contributed by atoms with Gasteiger partial charge in [0.25, 0.3) is 5.91 Å². The number of aryl methyl sites for hydroxylation is 1. The summed E-state index contributed by atoms with van der Waals surface area (Å²) in [6.45, 7) is 10.2. The van der Waals surface area contributed by atoms with Gasteiger partial charge in [0.2, 0.25) is 5.91 Å². The van der Waals surface area contributed by atoms with Gasteiger partial charge >= 0.3 is 0 Å². The number of pyridine rings is 1. The van der Waals surface area contributed by atoms with E-state index in [1.165, 1.54) is 0 Å². The fourth-order valence-corrected chi connectivity index (χ4v) is 3.51. The molecule has 1 unspecified atom stereocenters. The number of anilines is 1. The molecule has 1 atom stereocenters. The van der Waals surface area contributed by atoms with Crippen LogP contribution in [0.15, 0.2) is 42.6 Å². The van der Waals surface area contributed by atoms with E-state index in [4.69, 9.17) is 0 Å². The van der Waals surface area contributed by atoms with Crippen LogP contribution in [-0.2, 0) is 11.3 Å².